The number of rotatable bonds is 9. The van der Waals surface area contributed by atoms with E-state index < -0.39 is 5.41 Å². The summed E-state index contributed by atoms with van der Waals surface area (Å²) in [4.78, 5) is 43.7. The highest BCUT2D eigenvalue weighted by Crippen LogP contribution is 2.45. The van der Waals surface area contributed by atoms with Gasteiger partial charge in [-0.1, -0.05) is 30.3 Å². The standard InChI is InChI=1S/C27H31FN2O5/c1-34-16-6-15-30-25(32)18-27(26(30)33,21-7-3-4-9-23(21)35-2)17-24(31)29-14-5-8-22(29)19-10-12-20(28)13-11-19/h3-4,7,9-13,22H,5-6,8,14-18H2,1-2H3/t22-,27+/m1/s1. The van der Waals surface area contributed by atoms with E-state index in [9.17, 15) is 18.8 Å². The lowest BCUT2D eigenvalue weighted by Crippen LogP contribution is -2.44. The molecule has 2 fully saturated rings. The molecule has 186 valence electrons. The molecule has 35 heavy (non-hydrogen) atoms. The summed E-state index contributed by atoms with van der Waals surface area (Å²) in [7, 11) is 3.08. The van der Waals surface area contributed by atoms with Crippen molar-refractivity contribution in [1.29, 1.82) is 0 Å². The van der Waals surface area contributed by atoms with Crippen LogP contribution >= 0.6 is 0 Å². The molecule has 2 aromatic rings. The monoisotopic (exact) mass is 482 g/mol. The molecular weight excluding hydrogens is 451 g/mol. The van der Waals surface area contributed by atoms with Crippen LogP contribution in [0.4, 0.5) is 4.39 Å². The van der Waals surface area contributed by atoms with Gasteiger partial charge in [-0.15, -0.1) is 0 Å². The zero-order chi connectivity index (χ0) is 25.0. The van der Waals surface area contributed by atoms with Crippen LogP contribution in [0.5, 0.6) is 5.75 Å². The Kier molecular flexibility index (Phi) is 7.50. The van der Waals surface area contributed by atoms with E-state index in [1.54, 1.807) is 48.4 Å². The minimum atomic E-state index is -1.34. The molecule has 2 saturated heterocycles. The molecule has 0 bridgehead atoms. The van der Waals surface area contributed by atoms with Crippen LogP contribution in [-0.4, -0.2) is 61.4 Å². The van der Waals surface area contributed by atoms with Gasteiger partial charge >= 0.3 is 0 Å². The maximum Gasteiger partial charge on any atom is 0.241 e. The summed E-state index contributed by atoms with van der Waals surface area (Å²) >= 11 is 0. The van der Waals surface area contributed by atoms with Crippen molar-refractivity contribution in [1.82, 2.24) is 9.80 Å². The number of halogens is 1. The van der Waals surface area contributed by atoms with Gasteiger partial charge in [-0.2, -0.15) is 0 Å². The van der Waals surface area contributed by atoms with Crippen molar-refractivity contribution in [3.05, 3.63) is 65.5 Å². The molecule has 2 aromatic carbocycles. The van der Waals surface area contributed by atoms with Crippen LogP contribution in [0, 0.1) is 5.82 Å². The first-order valence-corrected chi connectivity index (χ1v) is 11.9. The molecule has 4 rings (SSSR count). The molecule has 0 radical (unpaired) electrons. The molecule has 0 N–H and O–H groups in total. The van der Waals surface area contributed by atoms with Gasteiger partial charge in [0, 0.05) is 45.2 Å². The number of carbonyl (C=O) groups excluding carboxylic acids is 3. The normalized spacial score (nSPS) is 22.2. The predicted molar refractivity (Wildman–Crippen MR) is 127 cm³/mol. The van der Waals surface area contributed by atoms with Crippen LogP contribution < -0.4 is 4.74 Å². The van der Waals surface area contributed by atoms with E-state index in [1.807, 2.05) is 0 Å². The van der Waals surface area contributed by atoms with Crippen molar-refractivity contribution in [3.63, 3.8) is 0 Å². The van der Waals surface area contributed by atoms with Crippen LogP contribution in [0.15, 0.2) is 48.5 Å². The van der Waals surface area contributed by atoms with E-state index in [4.69, 9.17) is 9.47 Å². The van der Waals surface area contributed by atoms with Gasteiger partial charge < -0.3 is 14.4 Å². The summed E-state index contributed by atoms with van der Waals surface area (Å²) in [6.07, 6.45) is 1.85. The van der Waals surface area contributed by atoms with Crippen LogP contribution in [0.2, 0.25) is 0 Å². The fourth-order valence-electron chi connectivity index (χ4n) is 5.33. The zero-order valence-electron chi connectivity index (χ0n) is 20.2. The van der Waals surface area contributed by atoms with E-state index in [1.165, 1.54) is 24.1 Å². The molecule has 7 nitrogen and oxygen atoms in total. The summed E-state index contributed by atoms with van der Waals surface area (Å²) < 4.78 is 24.1. The Bertz CT molecular complexity index is 1090. The molecule has 0 saturated carbocycles. The van der Waals surface area contributed by atoms with E-state index in [2.05, 4.69) is 0 Å². The van der Waals surface area contributed by atoms with Gasteiger partial charge in [0.15, 0.2) is 0 Å². The molecule has 2 aliphatic heterocycles. The van der Waals surface area contributed by atoms with Crippen molar-refractivity contribution in [3.8, 4) is 5.75 Å². The average Bonchev–Trinajstić information content (AvgIpc) is 3.44. The van der Waals surface area contributed by atoms with Crippen LogP contribution in [0.1, 0.15) is 49.3 Å². The molecule has 3 amide bonds. The van der Waals surface area contributed by atoms with Gasteiger partial charge in [-0.3, -0.25) is 19.3 Å². The van der Waals surface area contributed by atoms with Crippen LogP contribution in [0.3, 0.4) is 0 Å². The summed E-state index contributed by atoms with van der Waals surface area (Å²) in [5.41, 5.74) is 0.0589. The SMILES string of the molecule is COCCCN1C(=O)C[C@@](CC(=O)N2CCC[C@@H]2c2ccc(F)cc2)(c2ccccc2OC)C1=O. The van der Waals surface area contributed by atoms with Crippen molar-refractivity contribution in [2.75, 3.05) is 33.9 Å². The van der Waals surface area contributed by atoms with Gasteiger partial charge in [0.05, 0.1) is 18.6 Å². The number of ether oxygens (including phenoxy) is 2. The molecule has 8 heteroatoms. The van der Waals surface area contributed by atoms with Gasteiger partial charge in [0.1, 0.15) is 11.6 Å². The van der Waals surface area contributed by atoms with Crippen LogP contribution in [-0.2, 0) is 24.5 Å². The third-order valence-electron chi connectivity index (χ3n) is 7.04. The highest BCUT2D eigenvalue weighted by molar-refractivity contribution is 6.11. The summed E-state index contributed by atoms with van der Waals surface area (Å²) in [6, 6.07) is 13.1. The second-order valence-corrected chi connectivity index (χ2v) is 9.13. The van der Waals surface area contributed by atoms with E-state index in [0.29, 0.717) is 30.9 Å². The first-order valence-electron chi connectivity index (χ1n) is 11.9. The van der Waals surface area contributed by atoms with Gasteiger partial charge in [0.25, 0.3) is 0 Å². The maximum atomic E-state index is 13.8. The van der Waals surface area contributed by atoms with E-state index >= 15 is 0 Å². The fraction of sp³-hybridized carbons (Fsp3) is 0.444. The number of amides is 3. The van der Waals surface area contributed by atoms with Crippen molar-refractivity contribution in [2.45, 2.75) is 43.6 Å². The molecule has 2 aliphatic rings. The average molecular weight is 483 g/mol. The number of para-hydroxylation sites is 1. The Morgan fingerprint density at radius 2 is 1.86 bits per heavy atom. The number of imide groups is 1. The number of nitrogens with zero attached hydrogens (tertiary/aromatic N) is 2. The largest absolute Gasteiger partial charge is 0.496 e. The molecule has 0 aromatic heterocycles. The summed E-state index contributed by atoms with van der Waals surface area (Å²) in [6.45, 7) is 1.20. The zero-order valence-corrected chi connectivity index (χ0v) is 20.2. The minimum Gasteiger partial charge on any atom is -0.496 e. The molecular formula is C27H31FN2O5. The second kappa shape index (κ2) is 10.6. The Balaban J connectivity index is 1.67. The lowest BCUT2D eigenvalue weighted by Gasteiger charge is -2.32. The van der Waals surface area contributed by atoms with Gasteiger partial charge in [0.2, 0.25) is 17.7 Å². The Morgan fingerprint density at radius 1 is 1.11 bits per heavy atom. The third-order valence-corrected chi connectivity index (χ3v) is 7.04. The molecule has 2 heterocycles. The quantitative estimate of drug-likeness (QED) is 0.403. The molecule has 0 unspecified atom stereocenters. The van der Waals surface area contributed by atoms with Gasteiger partial charge in [-0.05, 0) is 43.0 Å². The Hall–Kier alpha value is -3.26. The van der Waals surface area contributed by atoms with Crippen molar-refractivity contribution in [2.24, 2.45) is 0 Å². The number of likely N-dealkylation sites (tertiary alicyclic amines) is 2. The molecule has 2 atom stereocenters. The number of hydrogen-bond acceptors (Lipinski definition) is 5. The number of hydrogen-bond donors (Lipinski definition) is 0. The fourth-order valence-corrected chi connectivity index (χ4v) is 5.33. The number of methoxy groups -OCH3 is 2. The minimum absolute atomic E-state index is 0.0972. The second-order valence-electron chi connectivity index (χ2n) is 9.13. The Labute approximate surface area is 204 Å². The predicted octanol–water partition coefficient (Wildman–Crippen LogP) is 3.62. The lowest BCUT2D eigenvalue weighted by molar-refractivity contribution is -0.143. The first-order chi connectivity index (χ1) is 16.9. The van der Waals surface area contributed by atoms with E-state index in [0.717, 1.165) is 18.4 Å². The number of benzene rings is 2. The molecule has 0 aliphatic carbocycles. The number of carbonyl (C=O) groups is 3. The Morgan fingerprint density at radius 3 is 2.57 bits per heavy atom. The lowest BCUT2D eigenvalue weighted by atomic mass is 9.75. The van der Waals surface area contributed by atoms with Crippen molar-refractivity contribution < 1.29 is 28.2 Å². The highest BCUT2D eigenvalue weighted by Gasteiger charge is 2.55. The first kappa shape index (κ1) is 24.9. The van der Waals surface area contributed by atoms with Crippen LogP contribution in [0.25, 0.3) is 0 Å². The topological polar surface area (TPSA) is 76.2 Å². The van der Waals surface area contributed by atoms with Gasteiger partial charge in [-0.25, -0.2) is 4.39 Å². The summed E-state index contributed by atoms with van der Waals surface area (Å²) in [5.74, 6) is -0.752. The highest BCUT2D eigenvalue weighted by atomic mass is 19.1. The van der Waals surface area contributed by atoms with Crippen molar-refractivity contribution >= 4 is 17.7 Å². The molecule has 0 spiro atoms. The van der Waals surface area contributed by atoms with E-state index in [-0.39, 0.29) is 49.0 Å². The maximum absolute atomic E-state index is 13.8. The smallest absolute Gasteiger partial charge is 0.241 e. The third kappa shape index (κ3) is 4.80. The summed E-state index contributed by atoms with van der Waals surface area (Å²) in [5, 5.41) is 0.